The summed E-state index contributed by atoms with van der Waals surface area (Å²) < 4.78 is 7.16. The zero-order chi connectivity index (χ0) is 13.9. The van der Waals surface area contributed by atoms with Crippen LogP contribution in [0, 0.1) is 5.92 Å². The second kappa shape index (κ2) is 5.85. The molecule has 20 heavy (non-hydrogen) atoms. The van der Waals surface area contributed by atoms with E-state index in [4.69, 9.17) is 16.3 Å². The zero-order valence-corrected chi connectivity index (χ0v) is 12.2. The maximum absolute atomic E-state index is 6.13. The number of ether oxygens (including phenoxy) is 1. The molecule has 1 aliphatic carbocycles. The average Bonchev–Trinajstić information content (AvgIpc) is 3.14. The minimum atomic E-state index is 0.327. The highest BCUT2D eigenvalue weighted by molar-refractivity contribution is 6.31. The van der Waals surface area contributed by atoms with Crippen LogP contribution in [0.2, 0.25) is 5.02 Å². The molecule has 1 saturated carbocycles. The van der Waals surface area contributed by atoms with Crippen LogP contribution >= 0.6 is 11.6 Å². The Morgan fingerprint density at radius 2 is 2.35 bits per heavy atom. The largest absolute Gasteiger partial charge is 0.383 e. The van der Waals surface area contributed by atoms with Crippen molar-refractivity contribution < 1.29 is 4.74 Å². The topological polar surface area (TPSA) is 39.1 Å². The summed E-state index contributed by atoms with van der Waals surface area (Å²) in [6, 6.07) is 8.05. The fourth-order valence-corrected chi connectivity index (χ4v) is 2.58. The van der Waals surface area contributed by atoms with Crippen LogP contribution in [0.1, 0.15) is 12.8 Å². The van der Waals surface area contributed by atoms with Crippen molar-refractivity contribution in [3.05, 3.63) is 41.7 Å². The van der Waals surface area contributed by atoms with Crippen LogP contribution in [0.3, 0.4) is 0 Å². The summed E-state index contributed by atoms with van der Waals surface area (Å²) in [4.78, 5) is 0. The van der Waals surface area contributed by atoms with Crippen LogP contribution in [-0.4, -0.2) is 29.5 Å². The van der Waals surface area contributed by atoms with E-state index in [0.29, 0.717) is 18.6 Å². The molecule has 5 heteroatoms. The van der Waals surface area contributed by atoms with Crippen LogP contribution in [0.25, 0.3) is 5.69 Å². The molecule has 0 spiro atoms. The molecule has 1 fully saturated rings. The highest BCUT2D eigenvalue weighted by Gasteiger charge is 2.31. The molecule has 0 radical (unpaired) electrons. The normalized spacial score (nSPS) is 16.1. The first kappa shape index (κ1) is 13.5. The summed E-state index contributed by atoms with van der Waals surface area (Å²) in [5, 5.41) is 8.58. The van der Waals surface area contributed by atoms with Gasteiger partial charge in [0, 0.05) is 24.5 Å². The lowest BCUT2D eigenvalue weighted by Gasteiger charge is -2.21. The van der Waals surface area contributed by atoms with Crippen LogP contribution < -0.4 is 5.32 Å². The van der Waals surface area contributed by atoms with Gasteiger partial charge in [-0.05, 0) is 43.0 Å². The second-order valence-corrected chi connectivity index (χ2v) is 5.59. The fraction of sp³-hybridized carbons (Fsp3) is 0.400. The summed E-state index contributed by atoms with van der Waals surface area (Å²) in [7, 11) is 1.74. The van der Waals surface area contributed by atoms with Crippen molar-refractivity contribution in [2.75, 3.05) is 19.0 Å². The Balaban J connectivity index is 1.88. The maximum Gasteiger partial charge on any atom is 0.0877 e. The Morgan fingerprint density at radius 3 is 3.00 bits per heavy atom. The van der Waals surface area contributed by atoms with Gasteiger partial charge in [0.05, 0.1) is 24.0 Å². The van der Waals surface area contributed by atoms with Gasteiger partial charge in [0.2, 0.25) is 0 Å². The van der Waals surface area contributed by atoms with Gasteiger partial charge in [-0.2, -0.15) is 5.10 Å². The number of hydrogen-bond acceptors (Lipinski definition) is 3. The number of halogens is 1. The van der Waals surface area contributed by atoms with Crippen LogP contribution in [0.15, 0.2) is 36.7 Å². The van der Waals surface area contributed by atoms with Gasteiger partial charge >= 0.3 is 0 Å². The van der Waals surface area contributed by atoms with E-state index >= 15 is 0 Å². The lowest BCUT2D eigenvalue weighted by molar-refractivity contribution is 0.179. The molecule has 3 rings (SSSR count). The Morgan fingerprint density at radius 1 is 1.50 bits per heavy atom. The zero-order valence-electron chi connectivity index (χ0n) is 11.4. The number of nitrogens with one attached hydrogen (secondary N) is 1. The van der Waals surface area contributed by atoms with Gasteiger partial charge in [-0.3, -0.25) is 0 Å². The Hall–Kier alpha value is -1.52. The highest BCUT2D eigenvalue weighted by Crippen LogP contribution is 2.35. The van der Waals surface area contributed by atoms with E-state index < -0.39 is 0 Å². The molecular formula is C15H18ClN3O. The molecule has 1 aliphatic rings. The number of hydrogen-bond donors (Lipinski definition) is 1. The van der Waals surface area contributed by atoms with Gasteiger partial charge in [-0.25, -0.2) is 4.68 Å². The van der Waals surface area contributed by atoms with E-state index in [-0.39, 0.29) is 0 Å². The molecule has 106 valence electrons. The van der Waals surface area contributed by atoms with Crippen molar-refractivity contribution >= 4 is 17.3 Å². The minimum Gasteiger partial charge on any atom is -0.383 e. The lowest BCUT2D eigenvalue weighted by atomic mass is 10.1. The van der Waals surface area contributed by atoms with Gasteiger partial charge in [0.25, 0.3) is 0 Å². The number of anilines is 1. The SMILES string of the molecule is COCC(Nc1cc(Cl)ccc1-n1cccn1)C1CC1. The highest BCUT2D eigenvalue weighted by atomic mass is 35.5. The molecule has 4 nitrogen and oxygen atoms in total. The molecule has 1 aromatic carbocycles. The Labute approximate surface area is 123 Å². The molecule has 1 N–H and O–H groups in total. The molecule has 1 aromatic heterocycles. The smallest absolute Gasteiger partial charge is 0.0877 e. The molecule has 1 atom stereocenters. The predicted octanol–water partition coefficient (Wildman–Crippen LogP) is 3.36. The number of nitrogens with zero attached hydrogens (tertiary/aromatic N) is 2. The quantitative estimate of drug-likeness (QED) is 0.887. The van der Waals surface area contributed by atoms with Crippen molar-refractivity contribution in [2.45, 2.75) is 18.9 Å². The van der Waals surface area contributed by atoms with E-state index in [2.05, 4.69) is 10.4 Å². The van der Waals surface area contributed by atoms with Gasteiger partial charge < -0.3 is 10.1 Å². The predicted molar refractivity (Wildman–Crippen MR) is 80.6 cm³/mol. The summed E-state index contributed by atoms with van der Waals surface area (Å²) in [5.74, 6) is 0.694. The molecule has 1 unspecified atom stereocenters. The van der Waals surface area contributed by atoms with Crippen LogP contribution in [-0.2, 0) is 4.74 Å². The van der Waals surface area contributed by atoms with Gasteiger partial charge in [0.15, 0.2) is 0 Å². The van der Waals surface area contributed by atoms with E-state index in [0.717, 1.165) is 16.4 Å². The van der Waals surface area contributed by atoms with Crippen molar-refractivity contribution in [3.63, 3.8) is 0 Å². The van der Waals surface area contributed by atoms with E-state index in [1.807, 2.05) is 35.1 Å². The van der Waals surface area contributed by atoms with Crippen molar-refractivity contribution in [3.8, 4) is 5.69 Å². The molecule has 1 heterocycles. The molecule has 0 saturated heterocycles. The van der Waals surface area contributed by atoms with Crippen molar-refractivity contribution in [1.82, 2.24) is 9.78 Å². The second-order valence-electron chi connectivity index (χ2n) is 5.16. The van der Waals surface area contributed by atoms with Gasteiger partial charge in [-0.1, -0.05) is 11.6 Å². The molecular weight excluding hydrogens is 274 g/mol. The molecule has 0 amide bonds. The first-order valence-electron chi connectivity index (χ1n) is 6.83. The van der Waals surface area contributed by atoms with Crippen molar-refractivity contribution in [1.29, 1.82) is 0 Å². The summed E-state index contributed by atoms with van der Waals surface area (Å²) in [6.45, 7) is 0.704. The minimum absolute atomic E-state index is 0.327. The summed E-state index contributed by atoms with van der Waals surface area (Å²) in [5.41, 5.74) is 2.00. The lowest BCUT2D eigenvalue weighted by Crippen LogP contribution is -2.27. The van der Waals surface area contributed by atoms with E-state index in [9.17, 15) is 0 Å². The van der Waals surface area contributed by atoms with E-state index in [1.54, 1.807) is 13.3 Å². The monoisotopic (exact) mass is 291 g/mol. The molecule has 2 aromatic rings. The Bertz CT molecular complexity index is 567. The standard InChI is InChI=1S/C15H18ClN3O/c1-20-10-14(11-3-4-11)18-13-9-12(16)5-6-15(13)19-8-2-7-17-19/h2,5-9,11,14,18H,3-4,10H2,1H3. The van der Waals surface area contributed by atoms with Crippen molar-refractivity contribution in [2.24, 2.45) is 5.92 Å². The first-order chi connectivity index (χ1) is 9.78. The van der Waals surface area contributed by atoms with Gasteiger partial charge in [-0.15, -0.1) is 0 Å². The fourth-order valence-electron chi connectivity index (χ4n) is 2.41. The number of aromatic nitrogens is 2. The number of methoxy groups -OCH3 is 1. The third-order valence-electron chi connectivity index (χ3n) is 3.59. The molecule has 0 bridgehead atoms. The summed E-state index contributed by atoms with van der Waals surface area (Å²) >= 11 is 6.13. The van der Waals surface area contributed by atoms with E-state index in [1.165, 1.54) is 12.8 Å². The van der Waals surface area contributed by atoms with Crippen LogP contribution in [0.4, 0.5) is 5.69 Å². The third kappa shape index (κ3) is 2.97. The van der Waals surface area contributed by atoms with Crippen LogP contribution in [0.5, 0.6) is 0 Å². The maximum atomic E-state index is 6.13. The average molecular weight is 292 g/mol. The number of benzene rings is 1. The summed E-state index contributed by atoms with van der Waals surface area (Å²) in [6.07, 6.45) is 6.22. The first-order valence-corrected chi connectivity index (χ1v) is 7.21. The third-order valence-corrected chi connectivity index (χ3v) is 3.82. The molecule has 0 aliphatic heterocycles. The Kier molecular flexibility index (Phi) is 3.94. The number of rotatable bonds is 6. The van der Waals surface area contributed by atoms with Gasteiger partial charge in [0.1, 0.15) is 0 Å².